The average molecular weight is 326 g/mol. The summed E-state index contributed by atoms with van der Waals surface area (Å²) in [6.07, 6.45) is 3.51. The molecule has 3 rings (SSSR count). The van der Waals surface area contributed by atoms with Crippen molar-refractivity contribution < 1.29 is 19.4 Å². The molecule has 24 heavy (non-hydrogen) atoms. The lowest BCUT2D eigenvalue weighted by Crippen LogP contribution is -2.11. The molecule has 1 aromatic carbocycles. The number of nitrogens with zero attached hydrogens (tertiary/aromatic N) is 2. The number of para-hydroxylation sites is 1. The highest BCUT2D eigenvalue weighted by Crippen LogP contribution is 2.40. The van der Waals surface area contributed by atoms with E-state index in [-0.39, 0.29) is 6.42 Å². The Hall–Kier alpha value is -3.02. The van der Waals surface area contributed by atoms with E-state index < -0.39 is 11.9 Å². The van der Waals surface area contributed by atoms with Gasteiger partial charge in [0.2, 0.25) is 0 Å². The van der Waals surface area contributed by atoms with Crippen molar-refractivity contribution in [3.8, 4) is 11.5 Å². The first-order valence-corrected chi connectivity index (χ1v) is 7.50. The molecule has 0 bridgehead atoms. The Morgan fingerprint density at radius 1 is 1.21 bits per heavy atom. The number of hydrogen-bond donors (Lipinski definition) is 1. The molecule has 6 nitrogen and oxygen atoms in total. The SMILES string of the molecule is COc1cccc(C(CC(=O)O)c2cnc3ccccn23)c1OC. The number of benzene rings is 1. The van der Waals surface area contributed by atoms with E-state index in [0.29, 0.717) is 11.5 Å². The van der Waals surface area contributed by atoms with Crippen LogP contribution in [-0.4, -0.2) is 34.7 Å². The van der Waals surface area contributed by atoms with Gasteiger partial charge in [0, 0.05) is 23.9 Å². The Kier molecular flexibility index (Phi) is 4.37. The molecule has 0 saturated heterocycles. The van der Waals surface area contributed by atoms with Crippen molar-refractivity contribution in [3.63, 3.8) is 0 Å². The summed E-state index contributed by atoms with van der Waals surface area (Å²) < 4.78 is 12.7. The quantitative estimate of drug-likeness (QED) is 0.754. The monoisotopic (exact) mass is 326 g/mol. The second-order valence-electron chi connectivity index (χ2n) is 5.35. The Labute approximate surface area is 139 Å². The van der Waals surface area contributed by atoms with Gasteiger partial charge in [0.25, 0.3) is 0 Å². The summed E-state index contributed by atoms with van der Waals surface area (Å²) in [6.45, 7) is 0. The summed E-state index contributed by atoms with van der Waals surface area (Å²) in [5.74, 6) is -0.197. The van der Waals surface area contributed by atoms with Crippen LogP contribution in [0.2, 0.25) is 0 Å². The predicted molar refractivity (Wildman–Crippen MR) is 88.8 cm³/mol. The lowest BCUT2D eigenvalue weighted by atomic mass is 9.91. The maximum Gasteiger partial charge on any atom is 0.304 e. The summed E-state index contributed by atoms with van der Waals surface area (Å²) in [5, 5.41) is 9.40. The molecule has 0 saturated carbocycles. The van der Waals surface area contributed by atoms with Crippen LogP contribution in [0.5, 0.6) is 11.5 Å². The van der Waals surface area contributed by atoms with Gasteiger partial charge < -0.3 is 19.0 Å². The van der Waals surface area contributed by atoms with Crippen LogP contribution >= 0.6 is 0 Å². The van der Waals surface area contributed by atoms with Crippen LogP contribution < -0.4 is 9.47 Å². The minimum Gasteiger partial charge on any atom is -0.493 e. The van der Waals surface area contributed by atoms with Crippen molar-refractivity contribution in [1.82, 2.24) is 9.38 Å². The van der Waals surface area contributed by atoms with Gasteiger partial charge in [0.05, 0.1) is 26.3 Å². The van der Waals surface area contributed by atoms with Gasteiger partial charge in [-0.2, -0.15) is 0 Å². The number of aliphatic carboxylic acids is 1. The van der Waals surface area contributed by atoms with Gasteiger partial charge in [-0.15, -0.1) is 0 Å². The van der Waals surface area contributed by atoms with E-state index in [9.17, 15) is 9.90 Å². The number of pyridine rings is 1. The fraction of sp³-hybridized carbons (Fsp3) is 0.222. The highest BCUT2D eigenvalue weighted by atomic mass is 16.5. The highest BCUT2D eigenvalue weighted by molar-refractivity contribution is 5.70. The number of carboxylic acid groups (broad SMARTS) is 1. The summed E-state index contributed by atoms with van der Waals surface area (Å²) >= 11 is 0. The second kappa shape index (κ2) is 6.62. The summed E-state index contributed by atoms with van der Waals surface area (Å²) in [5.41, 5.74) is 2.31. The molecular formula is C18H18N2O4. The van der Waals surface area contributed by atoms with E-state index in [0.717, 1.165) is 16.9 Å². The number of methoxy groups -OCH3 is 2. The zero-order valence-corrected chi connectivity index (χ0v) is 13.5. The van der Waals surface area contributed by atoms with Gasteiger partial charge in [0.1, 0.15) is 5.65 Å². The maximum atomic E-state index is 11.5. The highest BCUT2D eigenvalue weighted by Gasteiger charge is 2.26. The number of rotatable bonds is 6. The third-order valence-corrected chi connectivity index (χ3v) is 3.99. The van der Waals surface area contributed by atoms with Crippen molar-refractivity contribution in [2.75, 3.05) is 14.2 Å². The van der Waals surface area contributed by atoms with Crippen molar-refractivity contribution in [1.29, 1.82) is 0 Å². The summed E-state index contributed by atoms with van der Waals surface area (Å²) in [7, 11) is 3.11. The second-order valence-corrected chi connectivity index (χ2v) is 5.35. The van der Waals surface area contributed by atoms with Crippen LogP contribution in [-0.2, 0) is 4.79 Å². The molecule has 0 radical (unpaired) electrons. The van der Waals surface area contributed by atoms with Crippen molar-refractivity contribution in [2.45, 2.75) is 12.3 Å². The van der Waals surface area contributed by atoms with Crippen LogP contribution in [0.3, 0.4) is 0 Å². The minimum absolute atomic E-state index is 0.0772. The van der Waals surface area contributed by atoms with Crippen molar-refractivity contribution in [2.24, 2.45) is 0 Å². The minimum atomic E-state index is -0.893. The lowest BCUT2D eigenvalue weighted by Gasteiger charge is -2.20. The number of aromatic nitrogens is 2. The topological polar surface area (TPSA) is 73.1 Å². The fourth-order valence-corrected chi connectivity index (χ4v) is 2.94. The Balaban J connectivity index is 2.20. The van der Waals surface area contributed by atoms with Gasteiger partial charge in [0.15, 0.2) is 11.5 Å². The maximum absolute atomic E-state index is 11.5. The molecule has 2 heterocycles. The lowest BCUT2D eigenvalue weighted by molar-refractivity contribution is -0.137. The molecule has 124 valence electrons. The van der Waals surface area contributed by atoms with Crippen LogP contribution in [0.4, 0.5) is 0 Å². The van der Waals surface area contributed by atoms with E-state index >= 15 is 0 Å². The number of hydrogen-bond acceptors (Lipinski definition) is 4. The zero-order chi connectivity index (χ0) is 17.1. The first-order valence-electron chi connectivity index (χ1n) is 7.50. The third kappa shape index (κ3) is 2.78. The Morgan fingerprint density at radius 3 is 2.75 bits per heavy atom. The van der Waals surface area contributed by atoms with E-state index in [1.807, 2.05) is 40.9 Å². The first-order chi connectivity index (χ1) is 11.7. The van der Waals surface area contributed by atoms with Crippen molar-refractivity contribution >= 4 is 11.6 Å². The van der Waals surface area contributed by atoms with Crippen LogP contribution in [0, 0.1) is 0 Å². The molecular weight excluding hydrogens is 308 g/mol. The zero-order valence-electron chi connectivity index (χ0n) is 13.5. The fourth-order valence-electron chi connectivity index (χ4n) is 2.94. The molecule has 6 heteroatoms. The number of imidazole rings is 1. The molecule has 2 aromatic heterocycles. The molecule has 1 unspecified atom stereocenters. The van der Waals surface area contributed by atoms with E-state index in [1.54, 1.807) is 26.5 Å². The summed E-state index contributed by atoms with van der Waals surface area (Å²) in [4.78, 5) is 15.8. The molecule has 0 aliphatic rings. The molecule has 1 N–H and O–H groups in total. The number of carbonyl (C=O) groups is 1. The smallest absolute Gasteiger partial charge is 0.304 e. The predicted octanol–water partition coefficient (Wildman–Crippen LogP) is 2.96. The van der Waals surface area contributed by atoms with E-state index in [2.05, 4.69) is 4.98 Å². The molecule has 0 amide bonds. The molecule has 0 spiro atoms. The molecule has 0 aliphatic heterocycles. The molecule has 0 fully saturated rings. The van der Waals surface area contributed by atoms with Gasteiger partial charge in [-0.05, 0) is 18.2 Å². The van der Waals surface area contributed by atoms with Gasteiger partial charge >= 0.3 is 5.97 Å². The van der Waals surface area contributed by atoms with Gasteiger partial charge in [-0.1, -0.05) is 18.2 Å². The third-order valence-electron chi connectivity index (χ3n) is 3.99. The largest absolute Gasteiger partial charge is 0.493 e. The first kappa shape index (κ1) is 15.9. The standard InChI is InChI=1S/C18H18N2O4/c1-23-15-7-5-6-12(18(15)24-2)13(10-17(21)22)14-11-19-16-8-3-4-9-20(14)16/h3-9,11,13H,10H2,1-2H3,(H,21,22). The Bertz CT molecular complexity index is 872. The van der Waals surface area contributed by atoms with E-state index in [4.69, 9.17) is 9.47 Å². The van der Waals surface area contributed by atoms with E-state index in [1.165, 1.54) is 0 Å². The average Bonchev–Trinajstić information content (AvgIpc) is 3.02. The number of fused-ring (bicyclic) bond motifs is 1. The van der Waals surface area contributed by atoms with Crippen LogP contribution in [0.25, 0.3) is 5.65 Å². The number of carboxylic acids is 1. The van der Waals surface area contributed by atoms with Crippen molar-refractivity contribution in [3.05, 3.63) is 60.0 Å². The normalized spacial score (nSPS) is 12.1. The molecule has 0 aliphatic carbocycles. The van der Waals surface area contributed by atoms with Crippen LogP contribution in [0.1, 0.15) is 23.6 Å². The molecule has 1 atom stereocenters. The number of ether oxygens (including phenoxy) is 2. The Morgan fingerprint density at radius 2 is 2.04 bits per heavy atom. The molecule has 3 aromatic rings. The van der Waals surface area contributed by atoms with Gasteiger partial charge in [-0.3, -0.25) is 4.79 Å². The summed E-state index contributed by atoms with van der Waals surface area (Å²) in [6, 6.07) is 11.1. The van der Waals surface area contributed by atoms with Gasteiger partial charge in [-0.25, -0.2) is 4.98 Å². The van der Waals surface area contributed by atoms with Crippen LogP contribution in [0.15, 0.2) is 48.8 Å².